The lowest BCUT2D eigenvalue weighted by Crippen LogP contribution is -2.06. The van der Waals surface area contributed by atoms with Crippen molar-refractivity contribution in [3.63, 3.8) is 0 Å². The first kappa shape index (κ1) is 7.53. The topological polar surface area (TPSA) is 83.8 Å². The monoisotopic (exact) mass is 178 g/mol. The second-order valence-electron chi connectivity index (χ2n) is 2.41. The van der Waals surface area contributed by atoms with E-state index in [2.05, 4.69) is 15.3 Å². The van der Waals surface area contributed by atoms with Crippen LogP contribution in [0.4, 0.5) is 0 Å². The number of rotatable bonds is 2. The van der Waals surface area contributed by atoms with E-state index in [9.17, 15) is 4.79 Å². The molecule has 0 aliphatic heterocycles. The fraction of sp³-hybridized carbons (Fsp3) is 0. The molecule has 0 aliphatic carbocycles. The van der Waals surface area contributed by atoms with Crippen molar-refractivity contribution in [3.8, 4) is 5.69 Å². The van der Waals surface area contributed by atoms with Crippen molar-refractivity contribution in [1.29, 1.82) is 0 Å². The van der Waals surface area contributed by atoms with Crippen molar-refractivity contribution >= 4 is 5.97 Å². The van der Waals surface area contributed by atoms with Gasteiger partial charge in [0.15, 0.2) is 5.69 Å². The molecule has 0 saturated carbocycles. The Balaban J connectivity index is 2.52. The number of aromatic nitrogens is 4. The van der Waals surface area contributed by atoms with Crippen LogP contribution in [0.2, 0.25) is 0 Å². The molecule has 0 fully saturated rings. The quantitative estimate of drug-likeness (QED) is 0.692. The molecule has 6 nitrogen and oxygen atoms in total. The number of aromatic carboxylic acids is 1. The van der Waals surface area contributed by atoms with Gasteiger partial charge in [-0.15, -0.1) is 5.10 Å². The molecule has 0 radical (unpaired) electrons. The Hall–Kier alpha value is -2.11. The SMILES string of the molecule is O=C(O)c1cnnn1-c1cc[nH]c1. The molecule has 0 unspecified atom stereocenters. The van der Waals surface area contributed by atoms with E-state index >= 15 is 0 Å². The summed E-state index contributed by atoms with van der Waals surface area (Å²) in [5.74, 6) is -1.05. The number of aromatic amines is 1. The summed E-state index contributed by atoms with van der Waals surface area (Å²) in [5.41, 5.74) is 0.689. The average Bonchev–Trinajstić information content (AvgIpc) is 2.74. The first-order chi connectivity index (χ1) is 6.29. The molecule has 2 rings (SSSR count). The van der Waals surface area contributed by atoms with E-state index in [0.29, 0.717) is 5.69 Å². The minimum absolute atomic E-state index is 0.0413. The molecule has 0 atom stereocenters. The summed E-state index contributed by atoms with van der Waals surface area (Å²) in [6.07, 6.45) is 4.53. The summed E-state index contributed by atoms with van der Waals surface area (Å²) in [5, 5.41) is 15.9. The van der Waals surface area contributed by atoms with E-state index in [0.717, 1.165) is 0 Å². The Morgan fingerprint density at radius 1 is 1.62 bits per heavy atom. The first-order valence-electron chi connectivity index (χ1n) is 3.56. The summed E-state index contributed by atoms with van der Waals surface area (Å²) in [4.78, 5) is 13.5. The Labute approximate surface area is 72.8 Å². The first-order valence-corrected chi connectivity index (χ1v) is 3.56. The Kier molecular flexibility index (Phi) is 1.59. The van der Waals surface area contributed by atoms with E-state index in [1.807, 2.05) is 0 Å². The second-order valence-corrected chi connectivity index (χ2v) is 2.41. The maximum Gasteiger partial charge on any atom is 0.356 e. The summed E-state index contributed by atoms with van der Waals surface area (Å²) in [7, 11) is 0. The van der Waals surface area contributed by atoms with Gasteiger partial charge in [-0.1, -0.05) is 5.21 Å². The molecule has 2 aromatic heterocycles. The van der Waals surface area contributed by atoms with E-state index in [-0.39, 0.29) is 5.69 Å². The highest BCUT2D eigenvalue weighted by Crippen LogP contribution is 2.07. The standard InChI is InChI=1S/C7H6N4O2/c12-7(13)6-4-9-10-11(6)5-1-2-8-3-5/h1-4,8H,(H,12,13). The molecular weight excluding hydrogens is 172 g/mol. The fourth-order valence-corrected chi connectivity index (χ4v) is 1.02. The van der Waals surface area contributed by atoms with Crippen LogP contribution in [0.25, 0.3) is 5.69 Å². The summed E-state index contributed by atoms with van der Waals surface area (Å²) < 4.78 is 1.25. The Bertz CT molecular complexity index is 417. The van der Waals surface area contributed by atoms with Crippen molar-refractivity contribution in [2.75, 3.05) is 0 Å². The van der Waals surface area contributed by atoms with Gasteiger partial charge in [-0.3, -0.25) is 0 Å². The number of hydrogen-bond acceptors (Lipinski definition) is 3. The van der Waals surface area contributed by atoms with E-state index in [4.69, 9.17) is 5.11 Å². The highest BCUT2D eigenvalue weighted by Gasteiger charge is 2.12. The lowest BCUT2D eigenvalue weighted by molar-refractivity contribution is 0.0687. The number of nitrogens with one attached hydrogen (secondary N) is 1. The van der Waals surface area contributed by atoms with Crippen LogP contribution in [0.15, 0.2) is 24.7 Å². The van der Waals surface area contributed by atoms with Crippen LogP contribution in [0, 0.1) is 0 Å². The Morgan fingerprint density at radius 3 is 3.08 bits per heavy atom. The van der Waals surface area contributed by atoms with Gasteiger partial charge in [0.25, 0.3) is 0 Å². The van der Waals surface area contributed by atoms with E-state index in [1.54, 1.807) is 18.5 Å². The third-order valence-corrected chi connectivity index (χ3v) is 1.59. The Morgan fingerprint density at radius 2 is 2.46 bits per heavy atom. The van der Waals surface area contributed by atoms with Crippen LogP contribution in [0.5, 0.6) is 0 Å². The van der Waals surface area contributed by atoms with Gasteiger partial charge in [-0.2, -0.15) is 0 Å². The predicted octanol–water partition coefficient (Wildman–Crippen LogP) is 0.294. The lowest BCUT2D eigenvalue weighted by atomic mass is 10.4. The predicted molar refractivity (Wildman–Crippen MR) is 42.7 cm³/mol. The van der Waals surface area contributed by atoms with E-state index < -0.39 is 5.97 Å². The van der Waals surface area contributed by atoms with Crippen LogP contribution >= 0.6 is 0 Å². The lowest BCUT2D eigenvalue weighted by Gasteiger charge is -1.97. The largest absolute Gasteiger partial charge is 0.476 e. The van der Waals surface area contributed by atoms with Crippen LogP contribution in [0.3, 0.4) is 0 Å². The van der Waals surface area contributed by atoms with Gasteiger partial charge in [-0.25, -0.2) is 9.48 Å². The highest BCUT2D eigenvalue weighted by molar-refractivity contribution is 5.85. The molecule has 13 heavy (non-hydrogen) atoms. The molecule has 2 heterocycles. The van der Waals surface area contributed by atoms with Crippen molar-refractivity contribution in [2.24, 2.45) is 0 Å². The van der Waals surface area contributed by atoms with E-state index in [1.165, 1.54) is 10.9 Å². The molecule has 2 aromatic rings. The third-order valence-electron chi connectivity index (χ3n) is 1.59. The minimum atomic E-state index is -1.05. The third kappa shape index (κ3) is 1.18. The molecule has 66 valence electrons. The zero-order valence-electron chi connectivity index (χ0n) is 6.51. The highest BCUT2D eigenvalue weighted by atomic mass is 16.4. The minimum Gasteiger partial charge on any atom is -0.476 e. The number of hydrogen-bond donors (Lipinski definition) is 2. The number of carboxylic acids is 1. The van der Waals surface area contributed by atoms with Crippen molar-refractivity contribution in [3.05, 3.63) is 30.4 Å². The molecular formula is C7H6N4O2. The van der Waals surface area contributed by atoms with Gasteiger partial charge < -0.3 is 10.1 Å². The average molecular weight is 178 g/mol. The maximum atomic E-state index is 10.7. The van der Waals surface area contributed by atoms with Crippen molar-refractivity contribution < 1.29 is 9.90 Å². The summed E-state index contributed by atoms with van der Waals surface area (Å²) >= 11 is 0. The van der Waals surface area contributed by atoms with Crippen molar-refractivity contribution in [2.45, 2.75) is 0 Å². The van der Waals surface area contributed by atoms with Crippen LogP contribution in [-0.4, -0.2) is 31.1 Å². The van der Waals surface area contributed by atoms with Gasteiger partial charge in [0.05, 0.1) is 11.9 Å². The van der Waals surface area contributed by atoms with Gasteiger partial charge in [-0.05, 0) is 6.07 Å². The van der Waals surface area contributed by atoms with Gasteiger partial charge in [0.2, 0.25) is 0 Å². The maximum absolute atomic E-state index is 10.7. The molecule has 0 amide bonds. The van der Waals surface area contributed by atoms with Gasteiger partial charge in [0.1, 0.15) is 0 Å². The van der Waals surface area contributed by atoms with Crippen LogP contribution < -0.4 is 0 Å². The molecule has 0 aromatic carbocycles. The van der Waals surface area contributed by atoms with Gasteiger partial charge in [0, 0.05) is 12.4 Å². The molecule has 2 N–H and O–H groups in total. The zero-order valence-corrected chi connectivity index (χ0v) is 6.51. The van der Waals surface area contributed by atoms with Crippen LogP contribution in [0.1, 0.15) is 10.5 Å². The fourth-order valence-electron chi connectivity index (χ4n) is 1.02. The van der Waals surface area contributed by atoms with Crippen molar-refractivity contribution in [1.82, 2.24) is 20.0 Å². The molecule has 0 bridgehead atoms. The molecule has 6 heteroatoms. The zero-order chi connectivity index (χ0) is 9.26. The summed E-state index contributed by atoms with van der Waals surface area (Å²) in [6, 6.07) is 1.71. The van der Waals surface area contributed by atoms with Crippen LogP contribution in [-0.2, 0) is 0 Å². The number of nitrogens with zero attached hydrogens (tertiary/aromatic N) is 3. The normalized spacial score (nSPS) is 10.2. The number of carbonyl (C=O) groups is 1. The van der Waals surface area contributed by atoms with Gasteiger partial charge >= 0.3 is 5.97 Å². The molecule has 0 saturated heterocycles. The summed E-state index contributed by atoms with van der Waals surface area (Å²) in [6.45, 7) is 0. The second kappa shape index (κ2) is 2.74. The molecule has 0 spiro atoms. The molecule has 0 aliphatic rings. The number of H-pyrrole nitrogens is 1. The smallest absolute Gasteiger partial charge is 0.356 e. The number of carboxylic acid groups (broad SMARTS) is 1.